The monoisotopic (exact) mass is 188 g/mol. The van der Waals surface area contributed by atoms with Crippen molar-refractivity contribution < 1.29 is 4.84 Å². The van der Waals surface area contributed by atoms with Crippen LogP contribution in [-0.4, -0.2) is 12.1 Å². The quantitative estimate of drug-likeness (QED) is 0.593. The molecule has 10 heavy (non-hydrogen) atoms. The van der Waals surface area contributed by atoms with Gasteiger partial charge in [-0.15, -0.1) is 24.8 Å². The van der Waals surface area contributed by atoms with Gasteiger partial charge in [0, 0.05) is 6.04 Å². The number of hydrogen-bond acceptors (Lipinski definition) is 3. The van der Waals surface area contributed by atoms with Gasteiger partial charge >= 0.3 is 0 Å². The van der Waals surface area contributed by atoms with Crippen molar-refractivity contribution in [2.75, 3.05) is 0 Å². The lowest BCUT2D eigenvalue weighted by Crippen LogP contribution is -2.33. The Labute approximate surface area is 73.2 Å². The van der Waals surface area contributed by atoms with E-state index in [1.54, 1.807) is 0 Å². The molecule has 0 aromatic carbocycles. The molecule has 1 aliphatic carbocycles. The van der Waals surface area contributed by atoms with Gasteiger partial charge in [0.25, 0.3) is 0 Å². The molecule has 3 nitrogen and oxygen atoms in total. The van der Waals surface area contributed by atoms with Crippen LogP contribution in [0.4, 0.5) is 0 Å². The highest BCUT2D eigenvalue weighted by atomic mass is 35.5. The lowest BCUT2D eigenvalue weighted by molar-refractivity contribution is 0.0481. The molecule has 0 spiro atoms. The molecule has 0 aromatic heterocycles. The van der Waals surface area contributed by atoms with E-state index in [0.29, 0.717) is 0 Å². The minimum Gasteiger partial charge on any atom is -0.325 e. The summed E-state index contributed by atoms with van der Waals surface area (Å²) in [7, 11) is 0. The fraction of sp³-hybridized carbons (Fsp3) is 1.00. The smallest absolute Gasteiger partial charge is 0.0937 e. The fourth-order valence-corrected chi connectivity index (χ4v) is 1.12. The SMILES string of the molecule is Cl.Cl.NO[C@@H]1CCC[C@H]1N. The third-order valence-electron chi connectivity index (χ3n) is 1.68. The Balaban J connectivity index is 0. The van der Waals surface area contributed by atoms with Gasteiger partial charge in [0.1, 0.15) is 0 Å². The molecule has 1 saturated carbocycles. The Kier molecular flexibility index (Phi) is 8.09. The summed E-state index contributed by atoms with van der Waals surface area (Å²) in [5.41, 5.74) is 5.58. The molecular weight excluding hydrogens is 175 g/mol. The molecule has 0 aliphatic heterocycles. The summed E-state index contributed by atoms with van der Waals surface area (Å²) < 4.78 is 0. The van der Waals surface area contributed by atoms with E-state index in [1.165, 1.54) is 0 Å². The summed E-state index contributed by atoms with van der Waals surface area (Å²) in [4.78, 5) is 4.60. The second-order valence-corrected chi connectivity index (χ2v) is 2.27. The molecule has 1 aliphatic rings. The fourth-order valence-electron chi connectivity index (χ4n) is 1.12. The van der Waals surface area contributed by atoms with Gasteiger partial charge < -0.3 is 5.73 Å². The minimum absolute atomic E-state index is 0. The highest BCUT2D eigenvalue weighted by molar-refractivity contribution is 5.85. The number of rotatable bonds is 1. The van der Waals surface area contributed by atoms with Gasteiger partial charge in [-0.05, 0) is 19.3 Å². The Morgan fingerprint density at radius 1 is 1.20 bits per heavy atom. The second kappa shape index (κ2) is 6.19. The lowest BCUT2D eigenvalue weighted by Gasteiger charge is -2.10. The van der Waals surface area contributed by atoms with Gasteiger partial charge in [0.15, 0.2) is 0 Å². The first-order valence-corrected chi connectivity index (χ1v) is 2.95. The third-order valence-corrected chi connectivity index (χ3v) is 1.68. The minimum atomic E-state index is 0. The van der Waals surface area contributed by atoms with Crippen LogP contribution in [0.25, 0.3) is 0 Å². The van der Waals surface area contributed by atoms with E-state index in [0.717, 1.165) is 19.3 Å². The maximum atomic E-state index is 5.58. The number of nitrogens with two attached hydrogens (primary N) is 2. The standard InChI is InChI=1S/C5H12N2O.2ClH/c6-4-2-1-3-5(4)8-7;;/h4-5H,1-3,6-7H2;2*1H/t4-,5-;;/m1../s1. The molecule has 4 N–H and O–H groups in total. The Morgan fingerprint density at radius 3 is 2.00 bits per heavy atom. The summed E-state index contributed by atoms with van der Waals surface area (Å²) in [6.45, 7) is 0. The Hall–Kier alpha value is 0.460. The van der Waals surface area contributed by atoms with Crippen LogP contribution in [0.5, 0.6) is 0 Å². The molecule has 0 radical (unpaired) electrons. The molecular formula is C5H14Cl2N2O. The van der Waals surface area contributed by atoms with E-state index in [-0.39, 0.29) is 37.0 Å². The van der Waals surface area contributed by atoms with Crippen LogP contribution in [0.1, 0.15) is 19.3 Å². The van der Waals surface area contributed by atoms with Gasteiger partial charge in [-0.1, -0.05) is 0 Å². The van der Waals surface area contributed by atoms with Gasteiger partial charge in [-0.3, -0.25) is 4.84 Å². The van der Waals surface area contributed by atoms with Gasteiger partial charge in [0.05, 0.1) is 6.10 Å². The molecule has 1 fully saturated rings. The summed E-state index contributed by atoms with van der Waals surface area (Å²) in [6, 6.07) is 0.181. The van der Waals surface area contributed by atoms with E-state index in [9.17, 15) is 0 Å². The van der Waals surface area contributed by atoms with Crippen LogP contribution < -0.4 is 11.6 Å². The molecule has 0 saturated heterocycles. The first kappa shape index (κ1) is 13.1. The van der Waals surface area contributed by atoms with Crippen molar-refractivity contribution >= 4 is 24.8 Å². The summed E-state index contributed by atoms with van der Waals surface area (Å²) in [5, 5.41) is 0. The van der Waals surface area contributed by atoms with E-state index in [2.05, 4.69) is 4.84 Å². The number of hydrogen-bond donors (Lipinski definition) is 2. The molecule has 64 valence electrons. The molecule has 0 amide bonds. The molecule has 0 aromatic rings. The first-order valence-electron chi connectivity index (χ1n) is 2.95. The van der Waals surface area contributed by atoms with Gasteiger partial charge in [-0.25, -0.2) is 5.90 Å². The van der Waals surface area contributed by atoms with Gasteiger partial charge in [-0.2, -0.15) is 0 Å². The van der Waals surface area contributed by atoms with E-state index in [4.69, 9.17) is 11.6 Å². The Bertz CT molecular complexity index is 84.0. The molecule has 5 heteroatoms. The zero-order valence-corrected chi connectivity index (χ0v) is 7.29. The predicted molar refractivity (Wildman–Crippen MR) is 45.4 cm³/mol. The lowest BCUT2D eigenvalue weighted by atomic mass is 10.2. The topological polar surface area (TPSA) is 61.3 Å². The summed E-state index contributed by atoms with van der Waals surface area (Å²) >= 11 is 0. The van der Waals surface area contributed by atoms with Crippen LogP contribution in [0.3, 0.4) is 0 Å². The van der Waals surface area contributed by atoms with Crippen molar-refractivity contribution in [3.63, 3.8) is 0 Å². The van der Waals surface area contributed by atoms with Crippen LogP contribution in [0.15, 0.2) is 0 Å². The molecule has 1 rings (SSSR count). The van der Waals surface area contributed by atoms with Crippen molar-refractivity contribution in [1.82, 2.24) is 0 Å². The van der Waals surface area contributed by atoms with E-state index >= 15 is 0 Å². The predicted octanol–water partition coefficient (Wildman–Crippen LogP) is 0.600. The summed E-state index contributed by atoms with van der Waals surface area (Å²) in [5.74, 6) is 4.94. The van der Waals surface area contributed by atoms with E-state index < -0.39 is 0 Å². The van der Waals surface area contributed by atoms with Gasteiger partial charge in [0.2, 0.25) is 0 Å². The first-order chi connectivity index (χ1) is 3.84. The van der Waals surface area contributed by atoms with E-state index in [1.807, 2.05) is 0 Å². The highest BCUT2D eigenvalue weighted by Crippen LogP contribution is 2.18. The van der Waals surface area contributed by atoms with Crippen molar-refractivity contribution in [1.29, 1.82) is 0 Å². The maximum absolute atomic E-state index is 5.58. The Morgan fingerprint density at radius 2 is 1.80 bits per heavy atom. The zero-order chi connectivity index (χ0) is 5.98. The van der Waals surface area contributed by atoms with Crippen molar-refractivity contribution in [2.24, 2.45) is 11.6 Å². The summed E-state index contributed by atoms with van der Waals surface area (Å²) in [6.07, 6.45) is 3.36. The van der Waals surface area contributed by atoms with Crippen molar-refractivity contribution in [2.45, 2.75) is 31.4 Å². The van der Waals surface area contributed by atoms with Crippen LogP contribution in [0, 0.1) is 0 Å². The average molecular weight is 189 g/mol. The maximum Gasteiger partial charge on any atom is 0.0937 e. The van der Waals surface area contributed by atoms with Crippen molar-refractivity contribution in [3.8, 4) is 0 Å². The molecule has 0 heterocycles. The number of halogens is 2. The molecule has 0 unspecified atom stereocenters. The largest absolute Gasteiger partial charge is 0.325 e. The van der Waals surface area contributed by atoms with Crippen molar-refractivity contribution in [3.05, 3.63) is 0 Å². The average Bonchev–Trinajstić information content (AvgIpc) is 2.14. The van der Waals surface area contributed by atoms with Crippen LogP contribution in [-0.2, 0) is 4.84 Å². The molecule has 0 bridgehead atoms. The van der Waals surface area contributed by atoms with Crippen LogP contribution >= 0.6 is 24.8 Å². The second-order valence-electron chi connectivity index (χ2n) is 2.27. The van der Waals surface area contributed by atoms with Crippen LogP contribution in [0.2, 0.25) is 0 Å². The molecule has 2 atom stereocenters. The third kappa shape index (κ3) is 3.03. The highest BCUT2D eigenvalue weighted by Gasteiger charge is 2.23. The zero-order valence-electron chi connectivity index (χ0n) is 5.66. The normalized spacial score (nSPS) is 30.6.